The summed E-state index contributed by atoms with van der Waals surface area (Å²) in [6.45, 7) is 8.33. The predicted octanol–water partition coefficient (Wildman–Crippen LogP) is 6.98. The molecule has 1 saturated heterocycles. The molecule has 1 N–H and O–H groups in total. The Bertz CT molecular complexity index is 1580. The summed E-state index contributed by atoms with van der Waals surface area (Å²) < 4.78 is 2.35. The van der Waals surface area contributed by atoms with Crippen molar-refractivity contribution in [3.63, 3.8) is 0 Å². The van der Waals surface area contributed by atoms with Gasteiger partial charge in [-0.15, -0.1) is 0 Å². The fourth-order valence-corrected chi connectivity index (χ4v) is 6.07. The number of aromatic nitrogens is 1. The standard InChI is InChI=1S/C37H39N3O/c1-29-19-20-35-34(26-29)36(31-15-7-3-8-16-31)37(32-17-9-4-10-18-32)40(35)28-33(41)27-39-24-22-38(23-25-39)21-11-14-30-12-5-2-6-13-30/h2-20,26,33,41H,21-25,27-28H2,1H3/b14-11-. The van der Waals surface area contributed by atoms with Crippen molar-refractivity contribution in [3.8, 4) is 22.4 Å². The minimum atomic E-state index is -0.470. The second kappa shape index (κ2) is 12.7. The number of fused-ring (bicyclic) bond motifs is 1. The lowest BCUT2D eigenvalue weighted by Crippen LogP contribution is -2.48. The average molecular weight is 542 g/mol. The number of β-amino-alcohol motifs (C(OH)–C–C–N with tert-alkyl or cyclic N) is 1. The molecule has 2 heterocycles. The van der Waals surface area contributed by atoms with Gasteiger partial charge in [-0.1, -0.05) is 115 Å². The van der Waals surface area contributed by atoms with Crippen LogP contribution in [0.4, 0.5) is 0 Å². The molecule has 1 unspecified atom stereocenters. The van der Waals surface area contributed by atoms with Crippen LogP contribution in [0.3, 0.4) is 0 Å². The van der Waals surface area contributed by atoms with Crippen LogP contribution in [0.15, 0.2) is 115 Å². The first kappa shape index (κ1) is 27.2. The van der Waals surface area contributed by atoms with Gasteiger partial charge in [0.2, 0.25) is 0 Å². The summed E-state index contributed by atoms with van der Waals surface area (Å²) in [6.07, 6.45) is 3.99. The first-order valence-corrected chi connectivity index (χ1v) is 14.7. The number of aliphatic hydroxyl groups excluding tert-OH is 1. The maximum atomic E-state index is 11.5. The van der Waals surface area contributed by atoms with Crippen LogP contribution in [-0.2, 0) is 6.54 Å². The maximum Gasteiger partial charge on any atom is 0.0845 e. The minimum absolute atomic E-state index is 0.470. The minimum Gasteiger partial charge on any atom is -0.390 e. The van der Waals surface area contributed by atoms with Crippen molar-refractivity contribution in [1.29, 1.82) is 0 Å². The van der Waals surface area contributed by atoms with Crippen LogP contribution in [0.25, 0.3) is 39.4 Å². The van der Waals surface area contributed by atoms with Crippen molar-refractivity contribution in [3.05, 3.63) is 126 Å². The fourth-order valence-electron chi connectivity index (χ4n) is 6.07. The Hall–Kier alpha value is -3.96. The molecule has 0 saturated carbocycles. The molecule has 1 aromatic heterocycles. The van der Waals surface area contributed by atoms with E-state index < -0.39 is 6.10 Å². The van der Waals surface area contributed by atoms with Gasteiger partial charge in [0.05, 0.1) is 18.3 Å². The molecule has 1 atom stereocenters. The predicted molar refractivity (Wildman–Crippen MR) is 172 cm³/mol. The molecule has 0 radical (unpaired) electrons. The van der Waals surface area contributed by atoms with E-state index in [1.54, 1.807) is 0 Å². The summed E-state index contributed by atoms with van der Waals surface area (Å²) in [5.74, 6) is 0. The molecule has 0 bridgehead atoms. The van der Waals surface area contributed by atoms with E-state index in [4.69, 9.17) is 0 Å². The van der Waals surface area contributed by atoms with Crippen LogP contribution in [0.1, 0.15) is 11.1 Å². The van der Waals surface area contributed by atoms with Crippen LogP contribution < -0.4 is 0 Å². The average Bonchev–Trinajstić information content (AvgIpc) is 3.32. The molecule has 0 amide bonds. The van der Waals surface area contributed by atoms with Crippen LogP contribution >= 0.6 is 0 Å². The summed E-state index contributed by atoms with van der Waals surface area (Å²) in [4.78, 5) is 4.90. The van der Waals surface area contributed by atoms with Gasteiger partial charge >= 0.3 is 0 Å². The molecule has 0 spiro atoms. The first-order chi connectivity index (χ1) is 20.2. The molecule has 4 nitrogen and oxygen atoms in total. The van der Waals surface area contributed by atoms with E-state index in [0.717, 1.165) is 32.7 Å². The molecule has 1 aliphatic heterocycles. The zero-order valence-electron chi connectivity index (χ0n) is 23.9. The highest BCUT2D eigenvalue weighted by atomic mass is 16.3. The summed E-state index contributed by atoms with van der Waals surface area (Å²) in [7, 11) is 0. The molecule has 41 heavy (non-hydrogen) atoms. The Morgan fingerprint density at radius 2 is 1.32 bits per heavy atom. The molecule has 4 aromatic carbocycles. The number of hydrogen-bond donors (Lipinski definition) is 1. The monoisotopic (exact) mass is 541 g/mol. The number of benzene rings is 4. The van der Waals surface area contributed by atoms with Gasteiger partial charge in [-0.05, 0) is 35.7 Å². The van der Waals surface area contributed by atoms with Crippen LogP contribution in [0, 0.1) is 6.92 Å². The molecule has 1 fully saturated rings. The molecular formula is C37H39N3O. The number of aryl methyl sites for hydroxylation is 1. The molecular weight excluding hydrogens is 502 g/mol. The quantitative estimate of drug-likeness (QED) is 0.219. The lowest BCUT2D eigenvalue weighted by atomic mass is 9.98. The molecule has 6 rings (SSSR count). The van der Waals surface area contributed by atoms with Gasteiger partial charge in [-0.3, -0.25) is 9.80 Å². The van der Waals surface area contributed by atoms with Gasteiger partial charge < -0.3 is 9.67 Å². The fraction of sp³-hybridized carbons (Fsp3) is 0.243. The molecule has 5 aromatic rings. The molecule has 4 heteroatoms. The third-order valence-corrected chi connectivity index (χ3v) is 8.13. The highest BCUT2D eigenvalue weighted by molar-refractivity contribution is 6.04. The number of nitrogens with zero attached hydrogens (tertiary/aromatic N) is 3. The van der Waals surface area contributed by atoms with E-state index in [0.29, 0.717) is 13.1 Å². The summed E-state index contributed by atoms with van der Waals surface area (Å²) in [6, 6.07) is 38.5. The summed E-state index contributed by atoms with van der Waals surface area (Å²) in [5, 5.41) is 12.7. The first-order valence-electron chi connectivity index (χ1n) is 14.7. The van der Waals surface area contributed by atoms with E-state index in [9.17, 15) is 5.11 Å². The second-order valence-corrected chi connectivity index (χ2v) is 11.2. The summed E-state index contributed by atoms with van der Waals surface area (Å²) >= 11 is 0. The zero-order chi connectivity index (χ0) is 28.0. The van der Waals surface area contributed by atoms with Crippen molar-refractivity contribution in [2.75, 3.05) is 39.3 Å². The Balaban J connectivity index is 1.20. The molecule has 1 aliphatic rings. The summed E-state index contributed by atoms with van der Waals surface area (Å²) in [5.41, 5.74) is 8.43. The number of aliphatic hydroxyl groups is 1. The van der Waals surface area contributed by atoms with Crippen LogP contribution in [0.2, 0.25) is 0 Å². The lowest BCUT2D eigenvalue weighted by Gasteiger charge is -2.35. The Morgan fingerprint density at radius 3 is 2.00 bits per heavy atom. The van der Waals surface area contributed by atoms with Crippen molar-refractivity contribution in [2.24, 2.45) is 0 Å². The largest absolute Gasteiger partial charge is 0.390 e. The topological polar surface area (TPSA) is 31.6 Å². The number of rotatable bonds is 9. The van der Waals surface area contributed by atoms with Crippen molar-refractivity contribution in [2.45, 2.75) is 19.6 Å². The number of piperazine rings is 1. The van der Waals surface area contributed by atoms with Crippen molar-refractivity contribution >= 4 is 17.0 Å². The van der Waals surface area contributed by atoms with E-state index in [1.165, 1.54) is 44.4 Å². The highest BCUT2D eigenvalue weighted by Gasteiger charge is 2.24. The lowest BCUT2D eigenvalue weighted by molar-refractivity contribution is 0.0684. The van der Waals surface area contributed by atoms with E-state index >= 15 is 0 Å². The zero-order valence-corrected chi connectivity index (χ0v) is 23.9. The van der Waals surface area contributed by atoms with E-state index in [-0.39, 0.29) is 0 Å². The number of hydrogen-bond acceptors (Lipinski definition) is 3. The molecule has 208 valence electrons. The third kappa shape index (κ3) is 6.36. The van der Waals surface area contributed by atoms with E-state index in [2.05, 4.69) is 143 Å². The van der Waals surface area contributed by atoms with Crippen molar-refractivity contribution < 1.29 is 5.11 Å². The van der Waals surface area contributed by atoms with Gasteiger partial charge in [0.1, 0.15) is 0 Å². The van der Waals surface area contributed by atoms with Crippen LogP contribution in [-0.4, -0.2) is 64.8 Å². The Morgan fingerprint density at radius 1 is 0.707 bits per heavy atom. The van der Waals surface area contributed by atoms with Gasteiger partial charge in [-0.25, -0.2) is 0 Å². The maximum absolute atomic E-state index is 11.5. The smallest absolute Gasteiger partial charge is 0.0845 e. The van der Waals surface area contributed by atoms with E-state index in [1.807, 2.05) is 0 Å². The Kier molecular flexibility index (Phi) is 8.43. The van der Waals surface area contributed by atoms with Crippen LogP contribution in [0.5, 0.6) is 0 Å². The Labute approximate surface area is 243 Å². The third-order valence-electron chi connectivity index (χ3n) is 8.13. The van der Waals surface area contributed by atoms with Gasteiger partial charge in [0, 0.05) is 55.7 Å². The SMILES string of the molecule is Cc1ccc2c(c1)c(-c1ccccc1)c(-c1ccccc1)n2CC(O)CN1CCN(C/C=C\c2ccccc2)CC1. The molecule has 0 aliphatic carbocycles. The van der Waals surface area contributed by atoms with Gasteiger partial charge in [0.15, 0.2) is 0 Å². The normalized spacial score (nSPS) is 15.6. The second-order valence-electron chi connectivity index (χ2n) is 11.2. The highest BCUT2D eigenvalue weighted by Crippen LogP contribution is 2.41. The van der Waals surface area contributed by atoms with Crippen molar-refractivity contribution in [1.82, 2.24) is 14.4 Å². The van der Waals surface area contributed by atoms with Gasteiger partial charge in [-0.2, -0.15) is 0 Å². The van der Waals surface area contributed by atoms with Gasteiger partial charge in [0.25, 0.3) is 0 Å².